The standard InChI is InChI=1S/C4H7N7/c1-2-9-11-3(5)7-8-4(11)10(2)6/h6H2,1H3,(H2,5,7). The van der Waals surface area contributed by atoms with Gasteiger partial charge in [-0.15, -0.1) is 15.3 Å². The summed E-state index contributed by atoms with van der Waals surface area (Å²) in [6, 6.07) is 0. The van der Waals surface area contributed by atoms with E-state index in [2.05, 4.69) is 15.3 Å². The van der Waals surface area contributed by atoms with Gasteiger partial charge in [0.15, 0.2) is 0 Å². The van der Waals surface area contributed by atoms with E-state index in [9.17, 15) is 0 Å². The second-order valence-corrected chi connectivity index (χ2v) is 2.19. The topological polar surface area (TPSA) is 100 Å². The molecule has 0 bridgehead atoms. The summed E-state index contributed by atoms with van der Waals surface area (Å²) < 4.78 is 2.71. The summed E-state index contributed by atoms with van der Waals surface area (Å²) in [4.78, 5) is 0. The first-order valence-corrected chi connectivity index (χ1v) is 3.01. The Bertz CT molecular complexity index is 396. The fraction of sp³-hybridized carbons (Fsp3) is 0.250. The molecule has 0 saturated carbocycles. The van der Waals surface area contributed by atoms with Crippen molar-refractivity contribution in [3.63, 3.8) is 0 Å². The smallest absolute Gasteiger partial charge is 0.274 e. The maximum Gasteiger partial charge on any atom is 0.274 e. The first kappa shape index (κ1) is 5.96. The van der Waals surface area contributed by atoms with Gasteiger partial charge in [-0.05, 0) is 6.92 Å². The lowest BCUT2D eigenvalue weighted by Crippen LogP contribution is -2.10. The number of nitrogens with zero attached hydrogens (tertiary/aromatic N) is 5. The molecule has 0 saturated heterocycles. The highest BCUT2D eigenvalue weighted by Crippen LogP contribution is 2.02. The molecule has 2 rings (SSSR count). The van der Waals surface area contributed by atoms with Crippen molar-refractivity contribution >= 4 is 11.7 Å². The molecule has 7 heteroatoms. The summed E-state index contributed by atoms with van der Waals surface area (Å²) in [7, 11) is 0. The second kappa shape index (κ2) is 1.62. The summed E-state index contributed by atoms with van der Waals surface area (Å²) in [5.41, 5.74) is 5.42. The fourth-order valence-corrected chi connectivity index (χ4v) is 0.867. The van der Waals surface area contributed by atoms with Gasteiger partial charge in [0, 0.05) is 0 Å². The number of hydrogen-bond donors (Lipinski definition) is 2. The molecule has 0 spiro atoms. The Morgan fingerprint density at radius 2 is 2.09 bits per heavy atom. The quantitative estimate of drug-likeness (QED) is 0.450. The molecule has 2 aromatic rings. The van der Waals surface area contributed by atoms with Crippen molar-refractivity contribution in [3.8, 4) is 0 Å². The zero-order chi connectivity index (χ0) is 8.01. The minimum atomic E-state index is 0.243. The molecule has 0 amide bonds. The van der Waals surface area contributed by atoms with E-state index in [1.807, 2.05) is 0 Å². The molecule has 0 unspecified atom stereocenters. The summed E-state index contributed by atoms with van der Waals surface area (Å²) in [6.45, 7) is 1.76. The van der Waals surface area contributed by atoms with E-state index in [4.69, 9.17) is 11.6 Å². The molecule has 2 heterocycles. The largest absolute Gasteiger partial charge is 0.366 e. The number of anilines is 1. The summed E-state index contributed by atoms with van der Waals surface area (Å²) in [5.74, 6) is 6.85. The van der Waals surface area contributed by atoms with Gasteiger partial charge < -0.3 is 11.6 Å². The zero-order valence-electron chi connectivity index (χ0n) is 5.89. The van der Waals surface area contributed by atoms with Gasteiger partial charge in [-0.1, -0.05) is 0 Å². The molecule has 0 radical (unpaired) electrons. The SMILES string of the molecule is Cc1nn2c(N)nnc2n1N. The van der Waals surface area contributed by atoms with Crippen molar-refractivity contribution in [2.24, 2.45) is 0 Å². The van der Waals surface area contributed by atoms with E-state index >= 15 is 0 Å². The maximum atomic E-state index is 5.53. The lowest BCUT2D eigenvalue weighted by atomic mass is 10.7. The number of aromatic nitrogens is 5. The van der Waals surface area contributed by atoms with Crippen molar-refractivity contribution in [1.29, 1.82) is 0 Å². The molecular formula is C4H7N7. The number of aryl methyl sites for hydroxylation is 1. The first-order valence-electron chi connectivity index (χ1n) is 3.01. The minimum absolute atomic E-state index is 0.243. The Labute approximate surface area is 61.6 Å². The van der Waals surface area contributed by atoms with E-state index < -0.39 is 0 Å². The number of rotatable bonds is 0. The van der Waals surface area contributed by atoms with Crippen molar-refractivity contribution in [2.75, 3.05) is 11.6 Å². The Balaban J connectivity index is 2.93. The Morgan fingerprint density at radius 3 is 2.73 bits per heavy atom. The normalized spacial score (nSPS) is 11.0. The number of nitrogens with two attached hydrogens (primary N) is 2. The van der Waals surface area contributed by atoms with E-state index in [0.717, 1.165) is 0 Å². The van der Waals surface area contributed by atoms with E-state index in [1.54, 1.807) is 6.92 Å². The predicted molar refractivity (Wildman–Crippen MR) is 38.1 cm³/mol. The molecule has 0 fully saturated rings. The minimum Gasteiger partial charge on any atom is -0.366 e. The van der Waals surface area contributed by atoms with Crippen LogP contribution in [0.1, 0.15) is 5.82 Å². The van der Waals surface area contributed by atoms with E-state index in [0.29, 0.717) is 11.6 Å². The predicted octanol–water partition coefficient (Wildman–Crippen LogP) is -1.47. The Kier molecular flexibility index (Phi) is 0.879. The highest BCUT2D eigenvalue weighted by Gasteiger charge is 2.08. The Hall–Kier alpha value is -1.79. The highest BCUT2D eigenvalue weighted by atomic mass is 15.5. The van der Waals surface area contributed by atoms with Crippen LogP contribution in [-0.4, -0.2) is 24.5 Å². The highest BCUT2D eigenvalue weighted by molar-refractivity contribution is 5.35. The third kappa shape index (κ3) is 0.588. The van der Waals surface area contributed by atoms with Crippen LogP contribution in [0.5, 0.6) is 0 Å². The van der Waals surface area contributed by atoms with E-state index in [-0.39, 0.29) is 5.95 Å². The van der Waals surface area contributed by atoms with Gasteiger partial charge in [0.1, 0.15) is 5.82 Å². The number of hydrogen-bond acceptors (Lipinski definition) is 5. The molecule has 0 aliphatic heterocycles. The summed E-state index contributed by atoms with van der Waals surface area (Å²) in [6.07, 6.45) is 0. The van der Waals surface area contributed by atoms with Gasteiger partial charge in [0.05, 0.1) is 0 Å². The van der Waals surface area contributed by atoms with Crippen LogP contribution >= 0.6 is 0 Å². The fourth-order valence-electron chi connectivity index (χ4n) is 0.867. The molecule has 4 N–H and O–H groups in total. The van der Waals surface area contributed by atoms with Crippen LogP contribution in [0.3, 0.4) is 0 Å². The van der Waals surface area contributed by atoms with Crippen LogP contribution in [0.25, 0.3) is 5.78 Å². The van der Waals surface area contributed by atoms with Crippen LogP contribution in [0.15, 0.2) is 0 Å². The molecule has 58 valence electrons. The van der Waals surface area contributed by atoms with Gasteiger partial charge in [-0.2, -0.15) is 4.52 Å². The molecule has 0 aromatic carbocycles. The van der Waals surface area contributed by atoms with E-state index in [1.165, 1.54) is 9.19 Å². The molecule has 0 atom stereocenters. The molecule has 0 aliphatic carbocycles. The van der Waals surface area contributed by atoms with Crippen molar-refractivity contribution in [3.05, 3.63) is 5.82 Å². The third-order valence-electron chi connectivity index (χ3n) is 1.46. The second-order valence-electron chi connectivity index (χ2n) is 2.19. The molecule has 0 aliphatic rings. The molecule has 7 nitrogen and oxygen atoms in total. The molecule has 11 heavy (non-hydrogen) atoms. The Morgan fingerprint density at radius 1 is 1.36 bits per heavy atom. The first-order chi connectivity index (χ1) is 5.20. The summed E-state index contributed by atoms with van der Waals surface area (Å²) >= 11 is 0. The number of fused-ring (bicyclic) bond motifs is 1. The average molecular weight is 153 g/mol. The summed E-state index contributed by atoms with van der Waals surface area (Å²) in [5, 5.41) is 11.3. The maximum absolute atomic E-state index is 5.53. The van der Waals surface area contributed by atoms with Crippen LogP contribution in [0.2, 0.25) is 0 Å². The van der Waals surface area contributed by atoms with Gasteiger partial charge in [0.2, 0.25) is 5.95 Å². The van der Waals surface area contributed by atoms with Crippen LogP contribution in [0, 0.1) is 6.92 Å². The average Bonchev–Trinajstić information content (AvgIpc) is 2.43. The molecular weight excluding hydrogens is 146 g/mol. The molecule has 2 aromatic heterocycles. The van der Waals surface area contributed by atoms with Crippen molar-refractivity contribution in [1.82, 2.24) is 24.5 Å². The van der Waals surface area contributed by atoms with Crippen LogP contribution in [0.4, 0.5) is 5.95 Å². The van der Waals surface area contributed by atoms with Gasteiger partial charge in [-0.3, -0.25) is 0 Å². The monoisotopic (exact) mass is 153 g/mol. The lowest BCUT2D eigenvalue weighted by molar-refractivity contribution is 0.894. The van der Waals surface area contributed by atoms with Crippen molar-refractivity contribution in [2.45, 2.75) is 6.92 Å². The van der Waals surface area contributed by atoms with Gasteiger partial charge in [-0.25, -0.2) is 4.68 Å². The van der Waals surface area contributed by atoms with Crippen LogP contribution in [-0.2, 0) is 0 Å². The van der Waals surface area contributed by atoms with Crippen molar-refractivity contribution < 1.29 is 0 Å². The number of nitrogen functional groups attached to an aromatic ring is 2. The van der Waals surface area contributed by atoms with Gasteiger partial charge >= 0.3 is 0 Å². The zero-order valence-corrected chi connectivity index (χ0v) is 5.89. The third-order valence-corrected chi connectivity index (χ3v) is 1.46. The van der Waals surface area contributed by atoms with Crippen LogP contribution < -0.4 is 11.6 Å². The lowest BCUT2D eigenvalue weighted by Gasteiger charge is -1.88. The van der Waals surface area contributed by atoms with Gasteiger partial charge in [0.25, 0.3) is 5.78 Å².